The summed E-state index contributed by atoms with van der Waals surface area (Å²) in [4.78, 5) is 13.2. The van der Waals surface area contributed by atoms with Crippen molar-refractivity contribution in [3.05, 3.63) is 76.7 Å². The van der Waals surface area contributed by atoms with Gasteiger partial charge in [0, 0.05) is 17.0 Å². The lowest BCUT2D eigenvalue weighted by Gasteiger charge is -2.10. The first-order valence-corrected chi connectivity index (χ1v) is 9.78. The van der Waals surface area contributed by atoms with Crippen LogP contribution in [0.4, 0.5) is 10.7 Å². The van der Waals surface area contributed by atoms with Crippen LogP contribution in [0.2, 0.25) is 0 Å². The highest BCUT2D eigenvalue weighted by Crippen LogP contribution is 2.31. The number of thiophene rings is 1. The van der Waals surface area contributed by atoms with Gasteiger partial charge in [-0.15, -0.1) is 11.3 Å². The van der Waals surface area contributed by atoms with Crippen molar-refractivity contribution in [1.82, 2.24) is 0 Å². The normalized spacial score (nSPS) is 10.2. The minimum absolute atomic E-state index is 0.392. The van der Waals surface area contributed by atoms with E-state index in [9.17, 15) is 4.79 Å². The number of nitrogens with one attached hydrogen (secondary N) is 2. The van der Waals surface area contributed by atoms with Gasteiger partial charge in [-0.2, -0.15) is 0 Å². The first-order chi connectivity index (χ1) is 13.6. The van der Waals surface area contributed by atoms with Gasteiger partial charge >= 0.3 is 5.97 Å². The van der Waals surface area contributed by atoms with Crippen LogP contribution in [-0.4, -0.2) is 25.3 Å². The number of thiocarbonyl (C=S) groups is 1. The zero-order valence-corrected chi connectivity index (χ0v) is 17.2. The smallest absolute Gasteiger partial charge is 0.340 e. The van der Waals surface area contributed by atoms with Gasteiger partial charge in [0.2, 0.25) is 0 Å². The zero-order valence-electron chi connectivity index (χ0n) is 15.5. The summed E-state index contributed by atoms with van der Waals surface area (Å²) in [6.45, 7) is 0. The third-order valence-electron chi connectivity index (χ3n) is 3.98. The van der Waals surface area contributed by atoms with Crippen LogP contribution in [-0.2, 0) is 11.2 Å². The Morgan fingerprint density at radius 1 is 1.04 bits per heavy atom. The van der Waals surface area contributed by atoms with Crippen molar-refractivity contribution in [1.29, 1.82) is 0 Å². The quantitative estimate of drug-likeness (QED) is 0.442. The van der Waals surface area contributed by atoms with Crippen molar-refractivity contribution in [3.8, 4) is 5.75 Å². The van der Waals surface area contributed by atoms with E-state index < -0.39 is 5.97 Å². The van der Waals surface area contributed by atoms with E-state index in [1.54, 1.807) is 7.11 Å². The molecule has 28 heavy (non-hydrogen) atoms. The fourth-order valence-electron chi connectivity index (χ4n) is 2.62. The van der Waals surface area contributed by atoms with Crippen molar-refractivity contribution >= 4 is 45.3 Å². The molecule has 2 N–H and O–H groups in total. The molecule has 0 aliphatic rings. The molecule has 0 aliphatic heterocycles. The topological polar surface area (TPSA) is 59.6 Å². The van der Waals surface area contributed by atoms with Crippen LogP contribution in [0.3, 0.4) is 0 Å². The van der Waals surface area contributed by atoms with E-state index in [-0.39, 0.29) is 0 Å². The van der Waals surface area contributed by atoms with Crippen molar-refractivity contribution in [3.63, 3.8) is 0 Å². The monoisotopic (exact) mass is 412 g/mol. The second kappa shape index (κ2) is 9.34. The molecule has 0 bridgehead atoms. The van der Waals surface area contributed by atoms with E-state index >= 15 is 0 Å². The molecule has 1 aromatic heterocycles. The SMILES string of the molecule is COC(=O)c1cc(Cc2ccccc2)sc1NC(=S)Nc1ccc(OC)cc1. The van der Waals surface area contributed by atoms with Gasteiger partial charge in [-0.1, -0.05) is 30.3 Å². The summed E-state index contributed by atoms with van der Waals surface area (Å²) in [6, 6.07) is 19.3. The average molecular weight is 413 g/mol. The molecule has 0 saturated carbocycles. The summed E-state index contributed by atoms with van der Waals surface area (Å²) in [6.07, 6.45) is 0.732. The molecule has 2 aromatic carbocycles. The number of anilines is 2. The van der Waals surface area contributed by atoms with Crippen LogP contribution in [0, 0.1) is 0 Å². The maximum absolute atomic E-state index is 12.2. The van der Waals surface area contributed by atoms with Crippen LogP contribution in [0.1, 0.15) is 20.8 Å². The first kappa shape index (κ1) is 19.9. The molecule has 1 heterocycles. The van der Waals surface area contributed by atoms with E-state index in [0.717, 1.165) is 22.7 Å². The van der Waals surface area contributed by atoms with Crippen LogP contribution < -0.4 is 15.4 Å². The highest BCUT2D eigenvalue weighted by Gasteiger charge is 2.18. The van der Waals surface area contributed by atoms with E-state index in [1.807, 2.05) is 48.5 Å². The summed E-state index contributed by atoms with van der Waals surface area (Å²) in [5.74, 6) is 0.367. The largest absolute Gasteiger partial charge is 0.497 e. The highest BCUT2D eigenvalue weighted by atomic mass is 32.1. The molecule has 0 radical (unpaired) electrons. The molecule has 144 valence electrons. The lowest BCUT2D eigenvalue weighted by atomic mass is 10.1. The first-order valence-electron chi connectivity index (χ1n) is 8.56. The highest BCUT2D eigenvalue weighted by molar-refractivity contribution is 7.80. The van der Waals surface area contributed by atoms with Gasteiger partial charge < -0.3 is 20.1 Å². The number of carbonyl (C=O) groups excluding carboxylic acids is 1. The summed E-state index contributed by atoms with van der Waals surface area (Å²) in [5.41, 5.74) is 2.46. The maximum atomic E-state index is 12.2. The van der Waals surface area contributed by atoms with Crippen LogP contribution in [0.25, 0.3) is 0 Å². The van der Waals surface area contributed by atoms with Crippen LogP contribution >= 0.6 is 23.6 Å². The number of ether oxygens (including phenoxy) is 2. The molecule has 0 spiro atoms. The van der Waals surface area contributed by atoms with Crippen LogP contribution in [0.15, 0.2) is 60.7 Å². The third kappa shape index (κ3) is 5.09. The number of esters is 1. The second-order valence-corrected chi connectivity index (χ2v) is 7.46. The summed E-state index contributed by atoms with van der Waals surface area (Å²) in [5, 5.41) is 7.27. The van der Waals surface area contributed by atoms with E-state index in [4.69, 9.17) is 21.7 Å². The average Bonchev–Trinajstić information content (AvgIpc) is 3.10. The van der Waals surface area contributed by atoms with Crippen molar-refractivity contribution < 1.29 is 14.3 Å². The Kier molecular flexibility index (Phi) is 6.62. The number of carbonyl (C=O) groups is 1. The van der Waals surface area contributed by atoms with Gasteiger partial charge in [0.1, 0.15) is 10.8 Å². The number of hydrogen-bond donors (Lipinski definition) is 2. The predicted octanol–water partition coefficient (Wildman–Crippen LogP) is 4.94. The molecule has 3 aromatic rings. The summed E-state index contributed by atoms with van der Waals surface area (Å²) >= 11 is 6.89. The van der Waals surface area contributed by atoms with Crippen molar-refractivity contribution in [2.45, 2.75) is 6.42 Å². The maximum Gasteiger partial charge on any atom is 0.340 e. The Balaban J connectivity index is 1.75. The lowest BCUT2D eigenvalue weighted by Crippen LogP contribution is -2.19. The fourth-order valence-corrected chi connectivity index (χ4v) is 3.99. The van der Waals surface area contributed by atoms with Crippen molar-refractivity contribution in [2.75, 3.05) is 24.9 Å². The Morgan fingerprint density at radius 3 is 2.39 bits per heavy atom. The van der Waals surface area contributed by atoms with Gasteiger partial charge in [-0.3, -0.25) is 0 Å². The van der Waals surface area contributed by atoms with E-state index in [0.29, 0.717) is 15.7 Å². The number of methoxy groups -OCH3 is 2. The Bertz CT molecular complexity index is 954. The number of benzene rings is 2. The summed E-state index contributed by atoms with van der Waals surface area (Å²) < 4.78 is 10.1. The number of rotatable bonds is 6. The van der Waals surface area contributed by atoms with E-state index in [1.165, 1.54) is 24.0 Å². The van der Waals surface area contributed by atoms with Gasteiger partial charge in [-0.25, -0.2) is 4.79 Å². The van der Waals surface area contributed by atoms with Crippen LogP contribution in [0.5, 0.6) is 5.75 Å². The molecule has 5 nitrogen and oxygen atoms in total. The van der Waals surface area contributed by atoms with Crippen molar-refractivity contribution in [2.24, 2.45) is 0 Å². The Labute approximate surface area is 173 Å². The molecular formula is C21H20N2O3S2. The fraction of sp³-hybridized carbons (Fsp3) is 0.143. The molecule has 7 heteroatoms. The molecule has 0 aliphatic carbocycles. The molecular weight excluding hydrogens is 392 g/mol. The standard InChI is InChI=1S/C21H20N2O3S2/c1-25-16-10-8-15(9-11-16)22-21(27)23-19-18(20(24)26-2)13-17(28-19)12-14-6-4-3-5-7-14/h3-11,13H,12H2,1-2H3,(H2,22,23,27). The zero-order chi connectivity index (χ0) is 19.9. The Hall–Kier alpha value is -2.90. The molecule has 0 amide bonds. The lowest BCUT2D eigenvalue weighted by molar-refractivity contribution is 0.0602. The molecule has 0 unspecified atom stereocenters. The third-order valence-corrected chi connectivity index (χ3v) is 5.24. The minimum atomic E-state index is -0.398. The molecule has 3 rings (SSSR count). The Morgan fingerprint density at radius 2 is 1.75 bits per heavy atom. The predicted molar refractivity (Wildman–Crippen MR) is 118 cm³/mol. The molecule has 0 fully saturated rings. The minimum Gasteiger partial charge on any atom is -0.497 e. The second-order valence-electron chi connectivity index (χ2n) is 5.92. The molecule has 0 atom stereocenters. The van der Waals surface area contributed by atoms with Gasteiger partial charge in [0.25, 0.3) is 0 Å². The number of hydrogen-bond acceptors (Lipinski definition) is 5. The van der Waals surface area contributed by atoms with E-state index in [2.05, 4.69) is 22.8 Å². The molecule has 0 saturated heterocycles. The van der Waals surface area contributed by atoms with Gasteiger partial charge in [-0.05, 0) is 48.1 Å². The van der Waals surface area contributed by atoms with Gasteiger partial charge in [0.15, 0.2) is 5.11 Å². The summed E-state index contributed by atoms with van der Waals surface area (Å²) in [7, 11) is 2.99. The van der Waals surface area contributed by atoms with Gasteiger partial charge in [0.05, 0.1) is 19.8 Å².